The maximum Gasteiger partial charge on any atom is 0.321 e. The number of benzene rings is 1. The van der Waals surface area contributed by atoms with Crippen LogP contribution in [0.1, 0.15) is 26.3 Å². The predicted molar refractivity (Wildman–Crippen MR) is 96.0 cm³/mol. The van der Waals surface area contributed by atoms with Crippen LogP contribution in [0.4, 0.5) is 10.5 Å². The van der Waals surface area contributed by atoms with Gasteiger partial charge in [-0.05, 0) is 38.5 Å². The zero-order valence-electron chi connectivity index (χ0n) is 13.4. The predicted octanol–water partition coefficient (Wildman–Crippen LogP) is 3.31. The van der Waals surface area contributed by atoms with Crippen LogP contribution in [0.3, 0.4) is 0 Å². The van der Waals surface area contributed by atoms with Crippen LogP contribution >= 0.6 is 11.8 Å². The number of carbonyl (C=O) groups is 1. The molecule has 1 fully saturated rings. The summed E-state index contributed by atoms with van der Waals surface area (Å²) in [6, 6.07) is 7.60. The number of nitrogens with zero attached hydrogens (tertiary/aromatic N) is 1. The van der Waals surface area contributed by atoms with Gasteiger partial charge in [-0.25, -0.2) is 4.79 Å². The van der Waals surface area contributed by atoms with E-state index < -0.39 is 10.8 Å². The molecule has 0 aliphatic carbocycles. The molecule has 1 aromatic carbocycles. The highest BCUT2D eigenvalue weighted by Crippen LogP contribution is 2.19. The molecular formula is C16H24N2O2S2. The van der Waals surface area contributed by atoms with Crippen LogP contribution in [0.2, 0.25) is 0 Å². The van der Waals surface area contributed by atoms with E-state index in [1.54, 1.807) is 0 Å². The van der Waals surface area contributed by atoms with E-state index in [-0.39, 0.29) is 10.8 Å². The highest BCUT2D eigenvalue weighted by molar-refractivity contribution is 7.99. The Bertz CT molecular complexity index is 549. The van der Waals surface area contributed by atoms with Gasteiger partial charge >= 0.3 is 6.03 Å². The van der Waals surface area contributed by atoms with E-state index in [1.807, 2.05) is 61.7 Å². The average Bonchev–Trinajstić information content (AvgIpc) is 2.47. The second kappa shape index (κ2) is 7.51. The molecule has 22 heavy (non-hydrogen) atoms. The quantitative estimate of drug-likeness (QED) is 0.918. The van der Waals surface area contributed by atoms with Crippen LogP contribution in [-0.2, 0) is 16.6 Å². The summed E-state index contributed by atoms with van der Waals surface area (Å²) >= 11 is 1.88. The first-order valence-corrected chi connectivity index (χ1v) is 9.95. The van der Waals surface area contributed by atoms with Crippen LogP contribution in [-0.4, -0.2) is 44.5 Å². The molecule has 1 aliphatic heterocycles. The summed E-state index contributed by atoms with van der Waals surface area (Å²) in [5, 5.41) is 2.94. The average molecular weight is 341 g/mol. The maximum absolute atomic E-state index is 12.2. The van der Waals surface area contributed by atoms with Crippen molar-refractivity contribution in [2.75, 3.05) is 29.9 Å². The van der Waals surface area contributed by atoms with Crippen LogP contribution in [0.5, 0.6) is 0 Å². The van der Waals surface area contributed by atoms with E-state index in [0.717, 1.165) is 35.8 Å². The van der Waals surface area contributed by atoms with Crippen molar-refractivity contribution in [2.45, 2.75) is 31.3 Å². The third kappa shape index (κ3) is 5.02. The molecule has 1 N–H and O–H groups in total. The lowest BCUT2D eigenvalue weighted by Gasteiger charge is -2.26. The molecule has 6 heteroatoms. The molecule has 0 aromatic heterocycles. The minimum absolute atomic E-state index is 0.0469. The molecule has 1 aliphatic rings. The second-order valence-electron chi connectivity index (χ2n) is 6.33. The number of thioether (sulfide) groups is 1. The molecule has 1 aromatic rings. The van der Waals surface area contributed by atoms with Crippen molar-refractivity contribution in [3.63, 3.8) is 0 Å². The van der Waals surface area contributed by atoms with Gasteiger partial charge in [-0.1, -0.05) is 12.1 Å². The number of carbonyl (C=O) groups excluding carboxylic acids is 1. The van der Waals surface area contributed by atoms with Gasteiger partial charge in [0, 0.05) is 51.6 Å². The first-order valence-electron chi connectivity index (χ1n) is 7.47. The Kier molecular flexibility index (Phi) is 5.92. The number of nitrogens with one attached hydrogen (secondary N) is 1. The Balaban J connectivity index is 1.99. The number of anilines is 1. The SMILES string of the molecule is CC(C)(C)[S@@](=O)Cc1cccc(NC(=O)N2CCSCC2)c1. The minimum atomic E-state index is -0.939. The number of hydrogen-bond acceptors (Lipinski definition) is 3. The molecule has 4 nitrogen and oxygen atoms in total. The van der Waals surface area contributed by atoms with Crippen molar-refractivity contribution >= 4 is 34.3 Å². The lowest BCUT2D eigenvalue weighted by molar-refractivity contribution is 0.217. The molecule has 0 saturated carbocycles. The van der Waals surface area contributed by atoms with E-state index in [9.17, 15) is 9.00 Å². The number of rotatable bonds is 3. The Labute approximate surface area is 139 Å². The molecule has 0 radical (unpaired) electrons. The molecule has 1 heterocycles. The minimum Gasteiger partial charge on any atom is -0.323 e. The fourth-order valence-corrected chi connectivity index (χ4v) is 3.89. The van der Waals surface area contributed by atoms with Crippen LogP contribution < -0.4 is 5.32 Å². The fourth-order valence-electron chi connectivity index (χ4n) is 2.08. The van der Waals surface area contributed by atoms with Crippen LogP contribution in [0.25, 0.3) is 0 Å². The Morgan fingerprint density at radius 1 is 1.32 bits per heavy atom. The van der Waals surface area contributed by atoms with E-state index in [0.29, 0.717) is 5.75 Å². The summed E-state index contributed by atoms with van der Waals surface area (Å²) in [6.07, 6.45) is 0. The standard InChI is InChI=1S/C16H24N2O2S2/c1-16(2,3)22(20)12-13-5-4-6-14(11-13)17-15(19)18-7-9-21-10-8-18/h4-6,11H,7-10,12H2,1-3H3,(H,17,19)/t22-/m0/s1. The molecule has 0 bridgehead atoms. The number of amides is 2. The van der Waals surface area contributed by atoms with Crippen molar-refractivity contribution in [1.29, 1.82) is 0 Å². The smallest absolute Gasteiger partial charge is 0.321 e. The van der Waals surface area contributed by atoms with Gasteiger partial charge in [0.1, 0.15) is 0 Å². The number of hydrogen-bond donors (Lipinski definition) is 1. The zero-order chi connectivity index (χ0) is 16.2. The summed E-state index contributed by atoms with van der Waals surface area (Å²) in [5.74, 6) is 2.50. The van der Waals surface area contributed by atoms with Crippen molar-refractivity contribution in [3.05, 3.63) is 29.8 Å². The van der Waals surface area contributed by atoms with Crippen molar-refractivity contribution in [2.24, 2.45) is 0 Å². The molecule has 0 spiro atoms. The van der Waals surface area contributed by atoms with Gasteiger partial charge in [0.25, 0.3) is 0 Å². The molecule has 2 rings (SSSR count). The summed E-state index contributed by atoms with van der Waals surface area (Å²) in [7, 11) is -0.939. The van der Waals surface area contributed by atoms with Gasteiger partial charge in [-0.15, -0.1) is 0 Å². The van der Waals surface area contributed by atoms with E-state index in [1.165, 1.54) is 0 Å². The summed E-state index contributed by atoms with van der Waals surface area (Å²) in [4.78, 5) is 14.0. The first kappa shape index (κ1) is 17.3. The van der Waals surface area contributed by atoms with Gasteiger partial charge in [-0.3, -0.25) is 4.21 Å². The molecule has 1 atom stereocenters. The normalized spacial score (nSPS) is 17.1. The molecule has 122 valence electrons. The number of urea groups is 1. The summed E-state index contributed by atoms with van der Waals surface area (Å²) in [5.41, 5.74) is 1.76. The molecular weight excluding hydrogens is 316 g/mol. The van der Waals surface area contributed by atoms with Gasteiger partial charge in [-0.2, -0.15) is 11.8 Å². The lowest BCUT2D eigenvalue weighted by atomic mass is 10.2. The monoisotopic (exact) mass is 340 g/mol. The fraction of sp³-hybridized carbons (Fsp3) is 0.562. The molecule has 2 amide bonds. The van der Waals surface area contributed by atoms with E-state index >= 15 is 0 Å². The maximum atomic E-state index is 12.2. The van der Waals surface area contributed by atoms with Crippen molar-refractivity contribution in [1.82, 2.24) is 4.90 Å². The van der Waals surface area contributed by atoms with E-state index in [2.05, 4.69) is 5.32 Å². The van der Waals surface area contributed by atoms with E-state index in [4.69, 9.17) is 0 Å². The third-order valence-corrected chi connectivity index (χ3v) is 6.36. The van der Waals surface area contributed by atoms with Gasteiger partial charge in [0.05, 0.1) is 0 Å². The Hall–Kier alpha value is -1.01. The van der Waals surface area contributed by atoms with Gasteiger partial charge in [0.2, 0.25) is 0 Å². The molecule has 1 saturated heterocycles. The molecule has 0 unspecified atom stereocenters. The Morgan fingerprint density at radius 3 is 2.64 bits per heavy atom. The highest BCUT2D eigenvalue weighted by atomic mass is 32.2. The lowest BCUT2D eigenvalue weighted by Crippen LogP contribution is -2.40. The second-order valence-corrected chi connectivity index (χ2v) is 9.76. The third-order valence-electron chi connectivity index (χ3n) is 3.46. The van der Waals surface area contributed by atoms with Crippen molar-refractivity contribution < 1.29 is 9.00 Å². The Morgan fingerprint density at radius 2 is 2.00 bits per heavy atom. The summed E-state index contributed by atoms with van der Waals surface area (Å²) in [6.45, 7) is 7.52. The van der Waals surface area contributed by atoms with Crippen LogP contribution in [0, 0.1) is 0 Å². The highest BCUT2D eigenvalue weighted by Gasteiger charge is 2.20. The largest absolute Gasteiger partial charge is 0.323 e. The van der Waals surface area contributed by atoms with Crippen LogP contribution in [0.15, 0.2) is 24.3 Å². The summed E-state index contributed by atoms with van der Waals surface area (Å²) < 4.78 is 12.0. The van der Waals surface area contributed by atoms with Gasteiger partial charge < -0.3 is 10.2 Å². The van der Waals surface area contributed by atoms with Gasteiger partial charge in [0.15, 0.2) is 0 Å². The topological polar surface area (TPSA) is 49.4 Å². The van der Waals surface area contributed by atoms with Crippen molar-refractivity contribution in [3.8, 4) is 0 Å². The first-order chi connectivity index (χ1) is 10.4. The zero-order valence-corrected chi connectivity index (χ0v) is 15.1.